The normalized spacial score (nSPS) is 23.6. The third kappa shape index (κ3) is 2.55. The van der Waals surface area contributed by atoms with Gasteiger partial charge in [-0.1, -0.05) is 0 Å². The Labute approximate surface area is 98.6 Å². The zero-order valence-electron chi connectivity index (χ0n) is 9.32. The third-order valence-electron chi connectivity index (χ3n) is 3.08. The van der Waals surface area contributed by atoms with Crippen LogP contribution in [0.2, 0.25) is 0 Å². The van der Waals surface area contributed by atoms with Crippen molar-refractivity contribution in [1.29, 1.82) is 0 Å². The lowest BCUT2D eigenvalue weighted by Gasteiger charge is -2.17. The molecule has 4 N–H and O–H groups in total. The maximum Gasteiger partial charge on any atom is 0.254 e. The van der Waals surface area contributed by atoms with E-state index >= 15 is 0 Å². The Bertz CT molecular complexity index is 437. The number of nitrogens with two attached hydrogens (primary N) is 1. The average molecular weight is 238 g/mol. The number of rotatable bonds is 2. The molecule has 1 saturated carbocycles. The Morgan fingerprint density at radius 1 is 1.47 bits per heavy atom. The largest absolute Gasteiger partial charge is 0.508 e. The van der Waals surface area contributed by atoms with Gasteiger partial charge in [-0.05, 0) is 31.4 Å². The first-order chi connectivity index (χ1) is 8.08. The summed E-state index contributed by atoms with van der Waals surface area (Å²) >= 11 is 0. The van der Waals surface area contributed by atoms with Gasteiger partial charge in [0.05, 0.1) is 5.56 Å². The lowest BCUT2D eigenvalue weighted by molar-refractivity contribution is 0.0930. The Morgan fingerprint density at radius 3 is 2.82 bits per heavy atom. The first-order valence-electron chi connectivity index (χ1n) is 5.63. The summed E-state index contributed by atoms with van der Waals surface area (Å²) in [5, 5.41) is 11.8. The summed E-state index contributed by atoms with van der Waals surface area (Å²) < 4.78 is 13.4. The quantitative estimate of drug-likeness (QED) is 0.723. The van der Waals surface area contributed by atoms with Gasteiger partial charge in [0.1, 0.15) is 11.6 Å². The molecule has 0 spiro atoms. The average Bonchev–Trinajstić information content (AvgIpc) is 2.64. The Morgan fingerprint density at radius 2 is 2.24 bits per heavy atom. The van der Waals surface area contributed by atoms with Crippen LogP contribution in [0.25, 0.3) is 0 Å². The van der Waals surface area contributed by atoms with Gasteiger partial charge in [-0.2, -0.15) is 0 Å². The smallest absolute Gasteiger partial charge is 0.254 e. The van der Waals surface area contributed by atoms with Crippen LogP contribution in [0.1, 0.15) is 29.6 Å². The van der Waals surface area contributed by atoms with Gasteiger partial charge in [-0.25, -0.2) is 4.39 Å². The molecule has 0 heterocycles. The minimum absolute atomic E-state index is 0.0564. The number of amides is 1. The molecule has 1 aromatic rings. The number of nitrogens with one attached hydrogen (secondary N) is 1. The van der Waals surface area contributed by atoms with Crippen LogP contribution in [-0.4, -0.2) is 23.1 Å². The summed E-state index contributed by atoms with van der Waals surface area (Å²) in [4.78, 5) is 11.8. The Balaban J connectivity index is 2.09. The fourth-order valence-electron chi connectivity index (χ4n) is 2.10. The van der Waals surface area contributed by atoms with E-state index in [0.29, 0.717) is 0 Å². The molecule has 2 rings (SSSR count). The van der Waals surface area contributed by atoms with Crippen molar-refractivity contribution in [2.24, 2.45) is 5.73 Å². The van der Waals surface area contributed by atoms with Gasteiger partial charge in [0.2, 0.25) is 0 Å². The number of hydrogen-bond acceptors (Lipinski definition) is 3. The highest BCUT2D eigenvalue weighted by molar-refractivity contribution is 5.94. The van der Waals surface area contributed by atoms with E-state index in [1.54, 1.807) is 0 Å². The third-order valence-corrected chi connectivity index (χ3v) is 3.08. The second kappa shape index (κ2) is 4.71. The van der Waals surface area contributed by atoms with Crippen molar-refractivity contribution < 1.29 is 14.3 Å². The Hall–Kier alpha value is -1.62. The van der Waals surface area contributed by atoms with Crippen LogP contribution in [0.5, 0.6) is 5.75 Å². The van der Waals surface area contributed by atoms with Crippen LogP contribution >= 0.6 is 0 Å². The molecule has 0 aromatic heterocycles. The molecule has 4 nitrogen and oxygen atoms in total. The number of carbonyl (C=O) groups excluding carboxylic acids is 1. The molecule has 1 fully saturated rings. The minimum atomic E-state index is -0.728. The predicted molar refractivity (Wildman–Crippen MR) is 61.1 cm³/mol. The van der Waals surface area contributed by atoms with Crippen molar-refractivity contribution in [1.82, 2.24) is 5.32 Å². The molecular weight excluding hydrogens is 223 g/mol. The van der Waals surface area contributed by atoms with Crippen LogP contribution in [0.4, 0.5) is 4.39 Å². The standard InChI is InChI=1S/C12H15FN2O2/c13-9-6-7(16)4-5-8(9)12(17)15-11-3-1-2-10(11)14/h4-6,10-11,16H,1-3,14H2,(H,15,17). The summed E-state index contributed by atoms with van der Waals surface area (Å²) in [6, 6.07) is 3.33. The Kier molecular flexibility index (Phi) is 3.28. The number of hydrogen-bond donors (Lipinski definition) is 3. The van der Waals surface area contributed by atoms with Gasteiger partial charge in [0, 0.05) is 18.2 Å². The highest BCUT2D eigenvalue weighted by Gasteiger charge is 2.26. The predicted octanol–water partition coefficient (Wildman–Crippen LogP) is 1.14. The van der Waals surface area contributed by atoms with Crippen molar-refractivity contribution in [2.45, 2.75) is 31.3 Å². The molecule has 5 heteroatoms. The SMILES string of the molecule is NC1CCCC1NC(=O)c1ccc(O)cc1F. The maximum absolute atomic E-state index is 13.4. The second-order valence-electron chi connectivity index (χ2n) is 4.34. The lowest BCUT2D eigenvalue weighted by atomic mass is 10.1. The van der Waals surface area contributed by atoms with Crippen molar-refractivity contribution in [2.75, 3.05) is 0 Å². The molecule has 1 aliphatic carbocycles. The van der Waals surface area contributed by atoms with Gasteiger partial charge in [0.15, 0.2) is 0 Å². The van der Waals surface area contributed by atoms with Gasteiger partial charge in [-0.3, -0.25) is 4.79 Å². The number of benzene rings is 1. The van der Waals surface area contributed by atoms with Crippen LogP contribution in [-0.2, 0) is 0 Å². The van der Waals surface area contributed by atoms with E-state index in [-0.39, 0.29) is 23.4 Å². The van der Waals surface area contributed by atoms with Crippen molar-refractivity contribution in [3.05, 3.63) is 29.6 Å². The summed E-state index contributed by atoms with van der Waals surface area (Å²) in [5.74, 6) is -1.41. The number of halogens is 1. The topological polar surface area (TPSA) is 75.3 Å². The lowest BCUT2D eigenvalue weighted by Crippen LogP contribution is -2.44. The molecule has 2 unspecified atom stereocenters. The molecule has 0 radical (unpaired) electrons. The van der Waals surface area contributed by atoms with E-state index in [9.17, 15) is 9.18 Å². The van der Waals surface area contributed by atoms with Crippen LogP contribution in [0.3, 0.4) is 0 Å². The minimum Gasteiger partial charge on any atom is -0.508 e. The molecule has 0 aliphatic heterocycles. The summed E-state index contributed by atoms with van der Waals surface area (Å²) in [7, 11) is 0. The monoisotopic (exact) mass is 238 g/mol. The first-order valence-corrected chi connectivity index (χ1v) is 5.63. The molecule has 92 valence electrons. The van der Waals surface area contributed by atoms with Crippen LogP contribution in [0.15, 0.2) is 18.2 Å². The summed E-state index contributed by atoms with van der Waals surface area (Å²) in [6.45, 7) is 0. The number of carbonyl (C=O) groups is 1. The van der Waals surface area contributed by atoms with E-state index in [1.165, 1.54) is 12.1 Å². The molecule has 1 aliphatic rings. The van der Waals surface area contributed by atoms with Crippen molar-refractivity contribution >= 4 is 5.91 Å². The molecular formula is C12H15FN2O2. The zero-order chi connectivity index (χ0) is 12.4. The second-order valence-corrected chi connectivity index (χ2v) is 4.34. The molecule has 0 saturated heterocycles. The zero-order valence-corrected chi connectivity index (χ0v) is 9.32. The highest BCUT2D eigenvalue weighted by atomic mass is 19.1. The molecule has 17 heavy (non-hydrogen) atoms. The summed E-state index contributed by atoms with van der Waals surface area (Å²) in [6.07, 6.45) is 2.68. The first kappa shape index (κ1) is 11.9. The number of phenols is 1. The molecule has 0 bridgehead atoms. The van der Waals surface area contributed by atoms with Crippen molar-refractivity contribution in [3.63, 3.8) is 0 Å². The molecule has 1 aromatic carbocycles. The van der Waals surface area contributed by atoms with Crippen LogP contribution in [0, 0.1) is 5.82 Å². The van der Waals surface area contributed by atoms with Crippen LogP contribution < -0.4 is 11.1 Å². The fraction of sp³-hybridized carbons (Fsp3) is 0.417. The maximum atomic E-state index is 13.4. The van der Waals surface area contributed by atoms with Gasteiger partial charge in [0.25, 0.3) is 5.91 Å². The van der Waals surface area contributed by atoms with E-state index in [0.717, 1.165) is 25.3 Å². The fourth-order valence-corrected chi connectivity index (χ4v) is 2.10. The highest BCUT2D eigenvalue weighted by Crippen LogP contribution is 2.19. The van der Waals surface area contributed by atoms with E-state index in [1.807, 2.05) is 0 Å². The van der Waals surface area contributed by atoms with Gasteiger partial charge in [-0.15, -0.1) is 0 Å². The van der Waals surface area contributed by atoms with E-state index < -0.39 is 11.7 Å². The molecule has 1 amide bonds. The van der Waals surface area contributed by atoms with Crippen molar-refractivity contribution in [3.8, 4) is 5.75 Å². The number of phenolic OH excluding ortho intramolecular Hbond substituents is 1. The van der Waals surface area contributed by atoms with Gasteiger partial charge >= 0.3 is 0 Å². The van der Waals surface area contributed by atoms with E-state index in [2.05, 4.69) is 5.32 Å². The summed E-state index contributed by atoms with van der Waals surface area (Å²) in [5.41, 5.74) is 5.75. The number of aromatic hydroxyl groups is 1. The molecule has 2 atom stereocenters. The van der Waals surface area contributed by atoms with Gasteiger partial charge < -0.3 is 16.2 Å². The van der Waals surface area contributed by atoms with E-state index in [4.69, 9.17) is 10.8 Å².